The lowest BCUT2D eigenvalue weighted by molar-refractivity contribution is -0.121. The molecule has 0 radical (unpaired) electrons. The SMILES string of the molecule is Cc1occc1C(=O)Nc1nc(CC(=O)NC2CCCc3c2cnn3C)cs1. The van der Waals surface area contributed by atoms with Gasteiger partial charge >= 0.3 is 0 Å². The molecule has 1 atom stereocenters. The lowest BCUT2D eigenvalue weighted by Crippen LogP contribution is -2.32. The average Bonchev–Trinajstić information content (AvgIpc) is 3.37. The summed E-state index contributed by atoms with van der Waals surface area (Å²) in [4.78, 5) is 29.1. The lowest BCUT2D eigenvalue weighted by atomic mass is 9.93. The quantitative estimate of drug-likeness (QED) is 0.687. The second kappa shape index (κ2) is 7.59. The van der Waals surface area contributed by atoms with Gasteiger partial charge in [-0.1, -0.05) is 0 Å². The highest BCUT2D eigenvalue weighted by Crippen LogP contribution is 2.29. The highest BCUT2D eigenvalue weighted by Gasteiger charge is 2.25. The van der Waals surface area contributed by atoms with Gasteiger partial charge in [-0.05, 0) is 32.3 Å². The van der Waals surface area contributed by atoms with Gasteiger partial charge in [0.25, 0.3) is 5.91 Å². The zero-order chi connectivity index (χ0) is 19.7. The van der Waals surface area contributed by atoms with E-state index >= 15 is 0 Å². The van der Waals surface area contributed by atoms with Crippen LogP contribution in [0, 0.1) is 6.92 Å². The third kappa shape index (κ3) is 3.70. The molecule has 1 unspecified atom stereocenters. The number of nitrogens with zero attached hydrogens (tertiary/aromatic N) is 3. The summed E-state index contributed by atoms with van der Waals surface area (Å²) in [6, 6.07) is 1.61. The van der Waals surface area contributed by atoms with E-state index in [-0.39, 0.29) is 24.3 Å². The van der Waals surface area contributed by atoms with Gasteiger partial charge in [0.2, 0.25) is 5.91 Å². The summed E-state index contributed by atoms with van der Waals surface area (Å²) in [6.45, 7) is 1.73. The highest BCUT2D eigenvalue weighted by molar-refractivity contribution is 7.14. The zero-order valence-electron chi connectivity index (χ0n) is 15.7. The third-order valence-corrected chi connectivity index (χ3v) is 5.73. The highest BCUT2D eigenvalue weighted by atomic mass is 32.1. The van der Waals surface area contributed by atoms with Crippen molar-refractivity contribution in [3.63, 3.8) is 0 Å². The third-order valence-electron chi connectivity index (χ3n) is 4.93. The molecule has 146 valence electrons. The maximum absolute atomic E-state index is 12.5. The first-order valence-electron chi connectivity index (χ1n) is 9.11. The van der Waals surface area contributed by atoms with Crippen molar-refractivity contribution >= 4 is 28.3 Å². The second-order valence-corrected chi connectivity index (χ2v) is 7.71. The van der Waals surface area contributed by atoms with Gasteiger partial charge < -0.3 is 9.73 Å². The maximum Gasteiger partial charge on any atom is 0.260 e. The Bertz CT molecular complexity index is 1020. The number of carbonyl (C=O) groups is 2. The van der Waals surface area contributed by atoms with E-state index in [1.54, 1.807) is 18.4 Å². The predicted octanol–water partition coefficient (Wildman–Crippen LogP) is 2.77. The molecule has 0 fully saturated rings. The molecule has 9 heteroatoms. The number of aryl methyl sites for hydroxylation is 2. The van der Waals surface area contributed by atoms with Gasteiger partial charge in [-0.15, -0.1) is 11.3 Å². The van der Waals surface area contributed by atoms with Crippen LogP contribution in [-0.2, 0) is 24.7 Å². The van der Waals surface area contributed by atoms with Gasteiger partial charge in [0.05, 0.1) is 36.2 Å². The van der Waals surface area contributed by atoms with Gasteiger partial charge in [0, 0.05) is 23.7 Å². The summed E-state index contributed by atoms with van der Waals surface area (Å²) in [5.41, 5.74) is 3.39. The molecular formula is C19H21N5O3S. The lowest BCUT2D eigenvalue weighted by Gasteiger charge is -2.23. The predicted molar refractivity (Wildman–Crippen MR) is 104 cm³/mol. The molecule has 4 rings (SSSR count). The molecule has 1 aliphatic rings. The summed E-state index contributed by atoms with van der Waals surface area (Å²) >= 11 is 1.29. The number of amides is 2. The number of furan rings is 1. The first-order chi connectivity index (χ1) is 13.5. The maximum atomic E-state index is 12.5. The van der Waals surface area contributed by atoms with E-state index in [1.807, 2.05) is 17.9 Å². The molecule has 0 aromatic carbocycles. The monoisotopic (exact) mass is 399 g/mol. The van der Waals surface area contributed by atoms with Crippen molar-refractivity contribution in [3.05, 3.63) is 52.2 Å². The fourth-order valence-corrected chi connectivity index (χ4v) is 4.20. The molecule has 8 nitrogen and oxygen atoms in total. The molecular weight excluding hydrogens is 378 g/mol. The van der Waals surface area contributed by atoms with Crippen LogP contribution in [-0.4, -0.2) is 26.6 Å². The van der Waals surface area contributed by atoms with Crippen molar-refractivity contribution in [2.75, 3.05) is 5.32 Å². The van der Waals surface area contributed by atoms with Gasteiger partial charge in [0.15, 0.2) is 5.13 Å². The molecule has 3 aromatic heterocycles. The molecule has 3 heterocycles. The molecule has 28 heavy (non-hydrogen) atoms. The van der Waals surface area contributed by atoms with E-state index in [9.17, 15) is 9.59 Å². The van der Waals surface area contributed by atoms with Crippen LogP contribution in [0.3, 0.4) is 0 Å². The first-order valence-corrected chi connectivity index (χ1v) is 9.99. The van der Waals surface area contributed by atoms with Crippen molar-refractivity contribution in [1.82, 2.24) is 20.1 Å². The van der Waals surface area contributed by atoms with Gasteiger partial charge in [-0.3, -0.25) is 19.6 Å². The van der Waals surface area contributed by atoms with E-state index < -0.39 is 0 Å². The molecule has 3 aromatic rings. The molecule has 0 aliphatic heterocycles. The topological polar surface area (TPSA) is 102 Å². The molecule has 2 N–H and O–H groups in total. The molecule has 0 spiro atoms. The summed E-state index contributed by atoms with van der Waals surface area (Å²) in [6.07, 6.45) is 6.41. The fraction of sp³-hybridized carbons (Fsp3) is 0.368. The van der Waals surface area contributed by atoms with Crippen molar-refractivity contribution in [2.24, 2.45) is 7.05 Å². The van der Waals surface area contributed by atoms with Gasteiger partial charge in [-0.25, -0.2) is 4.98 Å². The smallest absolute Gasteiger partial charge is 0.260 e. The Morgan fingerprint density at radius 2 is 2.29 bits per heavy atom. The number of rotatable bonds is 5. The van der Waals surface area contributed by atoms with E-state index in [2.05, 4.69) is 20.7 Å². The van der Waals surface area contributed by atoms with Crippen LogP contribution in [0.4, 0.5) is 5.13 Å². The summed E-state index contributed by atoms with van der Waals surface area (Å²) in [5, 5.41) is 12.4. The van der Waals surface area contributed by atoms with Crippen LogP contribution >= 0.6 is 11.3 Å². The average molecular weight is 399 g/mol. The second-order valence-electron chi connectivity index (χ2n) is 6.85. The number of fused-ring (bicyclic) bond motifs is 1. The van der Waals surface area contributed by atoms with Crippen LogP contribution in [0.2, 0.25) is 0 Å². The zero-order valence-corrected chi connectivity index (χ0v) is 16.5. The molecule has 1 aliphatic carbocycles. The van der Waals surface area contributed by atoms with Crippen LogP contribution in [0.15, 0.2) is 28.3 Å². The molecule has 0 saturated carbocycles. The minimum atomic E-state index is -0.275. The number of thiazole rings is 1. The Balaban J connectivity index is 1.36. The summed E-state index contributed by atoms with van der Waals surface area (Å²) < 4.78 is 7.02. The summed E-state index contributed by atoms with van der Waals surface area (Å²) in [7, 11) is 1.93. The molecule has 2 amide bonds. The normalized spacial score (nSPS) is 15.9. The largest absolute Gasteiger partial charge is 0.469 e. The van der Waals surface area contributed by atoms with Gasteiger partial charge in [0.1, 0.15) is 5.76 Å². The Hall–Kier alpha value is -2.94. The fourth-order valence-electron chi connectivity index (χ4n) is 3.50. The Morgan fingerprint density at radius 3 is 3.07 bits per heavy atom. The van der Waals surface area contributed by atoms with E-state index in [4.69, 9.17) is 4.42 Å². The van der Waals surface area contributed by atoms with E-state index in [0.717, 1.165) is 24.8 Å². The van der Waals surface area contributed by atoms with Crippen LogP contribution in [0.1, 0.15) is 52.0 Å². The summed E-state index contributed by atoms with van der Waals surface area (Å²) in [5.74, 6) is 0.189. The Labute approximate surface area is 166 Å². The first kappa shape index (κ1) is 18.4. The number of hydrogen-bond donors (Lipinski definition) is 2. The van der Waals surface area contributed by atoms with Crippen molar-refractivity contribution in [1.29, 1.82) is 0 Å². The number of carbonyl (C=O) groups excluding carboxylic acids is 2. The minimum Gasteiger partial charge on any atom is -0.469 e. The van der Waals surface area contributed by atoms with E-state index in [1.165, 1.54) is 23.3 Å². The van der Waals surface area contributed by atoms with Gasteiger partial charge in [-0.2, -0.15) is 5.10 Å². The standard InChI is InChI=1S/C19H21N5O3S/c1-11-13(6-7-27-11)18(26)23-19-21-12(10-28-19)8-17(25)22-15-4-3-5-16-14(15)9-20-24(16)2/h6-7,9-10,15H,3-5,8H2,1-2H3,(H,22,25)(H,21,23,26). The minimum absolute atomic E-state index is 0.00757. The number of anilines is 1. The Kier molecular flexibility index (Phi) is 4.99. The number of aromatic nitrogens is 3. The number of hydrogen-bond acceptors (Lipinski definition) is 6. The van der Waals surface area contributed by atoms with Crippen molar-refractivity contribution in [3.8, 4) is 0 Å². The van der Waals surface area contributed by atoms with Crippen LogP contribution in [0.25, 0.3) is 0 Å². The van der Waals surface area contributed by atoms with Crippen molar-refractivity contribution < 1.29 is 14.0 Å². The molecule has 0 bridgehead atoms. The van der Waals surface area contributed by atoms with Crippen LogP contribution < -0.4 is 10.6 Å². The van der Waals surface area contributed by atoms with E-state index in [0.29, 0.717) is 22.1 Å². The van der Waals surface area contributed by atoms with Crippen molar-refractivity contribution in [2.45, 2.75) is 38.6 Å². The number of nitrogens with one attached hydrogen (secondary N) is 2. The van der Waals surface area contributed by atoms with Crippen LogP contribution in [0.5, 0.6) is 0 Å². The Morgan fingerprint density at radius 1 is 1.43 bits per heavy atom. The molecule has 0 saturated heterocycles.